The second kappa shape index (κ2) is 7.26. The van der Waals surface area contributed by atoms with Crippen LogP contribution in [0.4, 0.5) is 0 Å². The lowest BCUT2D eigenvalue weighted by molar-refractivity contribution is -0.122. The normalized spacial score (nSPS) is 36.5. The van der Waals surface area contributed by atoms with Crippen LogP contribution in [0.5, 0.6) is 0 Å². The maximum atomic E-state index is 12.9. The number of carbonyl (C=O) groups excluding carboxylic acids is 1. The highest BCUT2D eigenvalue weighted by Gasteiger charge is 2.41. The summed E-state index contributed by atoms with van der Waals surface area (Å²) in [6.07, 6.45) is 0.907. The summed E-state index contributed by atoms with van der Waals surface area (Å²) in [6, 6.07) is -0.0689. The first kappa shape index (κ1) is 17.3. The summed E-state index contributed by atoms with van der Waals surface area (Å²) >= 11 is 6.17. The summed E-state index contributed by atoms with van der Waals surface area (Å²) < 4.78 is 6.13. The third-order valence-corrected chi connectivity index (χ3v) is 5.45. The molecule has 3 saturated heterocycles. The molecule has 0 aromatic carbocycles. The van der Waals surface area contributed by atoms with Gasteiger partial charge in [0.05, 0.1) is 29.2 Å². The van der Waals surface area contributed by atoms with Crippen LogP contribution in [-0.4, -0.2) is 80.0 Å². The minimum atomic E-state index is -0.248. The molecule has 140 valence electrons. The number of nitrogens with zero attached hydrogens (tertiary/aromatic N) is 1. The fourth-order valence-electron chi connectivity index (χ4n) is 3.70. The Morgan fingerprint density at radius 1 is 1.28 bits per heavy atom. The van der Waals surface area contributed by atoms with Crippen molar-refractivity contribution in [2.75, 3.05) is 39.3 Å². The zero-order valence-electron chi connectivity index (χ0n) is 14.1. The van der Waals surface area contributed by atoms with Crippen molar-refractivity contribution in [1.82, 2.24) is 31.7 Å². The molecule has 25 heavy (non-hydrogen) atoms. The largest absolute Gasteiger partial charge is 0.384 e. The van der Waals surface area contributed by atoms with Crippen LogP contribution in [0.15, 0.2) is 11.4 Å². The number of amides is 1. The maximum Gasteiger partial charge on any atom is 0.254 e. The predicted molar refractivity (Wildman–Crippen MR) is 93.4 cm³/mol. The van der Waals surface area contributed by atoms with Gasteiger partial charge >= 0.3 is 0 Å². The van der Waals surface area contributed by atoms with Crippen LogP contribution in [0.2, 0.25) is 0 Å². The minimum Gasteiger partial charge on any atom is -0.384 e. The molecule has 0 aliphatic carbocycles. The lowest BCUT2D eigenvalue weighted by Crippen LogP contribution is -2.61. The van der Waals surface area contributed by atoms with Gasteiger partial charge in [-0.15, -0.1) is 11.6 Å². The SMILES string of the molecule is NC1=C(C(=O)NC2CNCCC2OC2CNC2)C2NCC(Cl)CN2N1. The predicted octanol–water partition coefficient (Wildman–Crippen LogP) is -2.65. The first-order valence-electron chi connectivity index (χ1n) is 8.90. The van der Waals surface area contributed by atoms with Crippen molar-refractivity contribution in [1.29, 1.82) is 0 Å². The number of fused-ring (bicyclic) bond motifs is 1. The van der Waals surface area contributed by atoms with E-state index in [0.29, 0.717) is 31.0 Å². The number of rotatable bonds is 4. The molecule has 4 heterocycles. The molecule has 0 saturated carbocycles. The van der Waals surface area contributed by atoms with Gasteiger partial charge in [-0.1, -0.05) is 0 Å². The topological polar surface area (TPSA) is 116 Å². The molecule has 0 bridgehead atoms. The Kier molecular flexibility index (Phi) is 5.03. The molecule has 7 N–H and O–H groups in total. The molecule has 4 rings (SSSR count). The van der Waals surface area contributed by atoms with E-state index in [4.69, 9.17) is 22.1 Å². The molecule has 0 spiro atoms. The number of hydrogen-bond acceptors (Lipinski definition) is 8. The Morgan fingerprint density at radius 3 is 2.88 bits per heavy atom. The number of hydrazine groups is 1. The van der Waals surface area contributed by atoms with Crippen LogP contribution in [0, 0.1) is 0 Å². The van der Waals surface area contributed by atoms with E-state index in [9.17, 15) is 4.79 Å². The summed E-state index contributed by atoms with van der Waals surface area (Å²) in [6.45, 7) is 4.63. The van der Waals surface area contributed by atoms with Crippen molar-refractivity contribution in [3.05, 3.63) is 11.4 Å². The molecule has 3 fully saturated rings. The van der Waals surface area contributed by atoms with E-state index in [0.717, 1.165) is 26.1 Å². The molecule has 0 radical (unpaired) electrons. The third kappa shape index (κ3) is 3.57. The second-order valence-electron chi connectivity index (χ2n) is 7.03. The lowest BCUT2D eigenvalue weighted by atomic mass is 10.0. The van der Waals surface area contributed by atoms with Gasteiger partial charge in [0.15, 0.2) is 0 Å². The molecule has 4 unspecified atom stereocenters. The van der Waals surface area contributed by atoms with Gasteiger partial charge in [0.2, 0.25) is 0 Å². The quantitative estimate of drug-likeness (QED) is 0.297. The zero-order chi connectivity index (χ0) is 17.4. The van der Waals surface area contributed by atoms with Crippen LogP contribution in [0.25, 0.3) is 0 Å². The first-order valence-corrected chi connectivity index (χ1v) is 9.33. The van der Waals surface area contributed by atoms with E-state index in [1.165, 1.54) is 0 Å². The smallest absolute Gasteiger partial charge is 0.254 e. The Labute approximate surface area is 152 Å². The van der Waals surface area contributed by atoms with Gasteiger partial charge in [-0.05, 0) is 13.0 Å². The number of piperidine rings is 1. The van der Waals surface area contributed by atoms with Crippen molar-refractivity contribution in [3.8, 4) is 0 Å². The van der Waals surface area contributed by atoms with Gasteiger partial charge < -0.3 is 31.8 Å². The van der Waals surface area contributed by atoms with Crippen molar-refractivity contribution >= 4 is 17.5 Å². The van der Waals surface area contributed by atoms with E-state index >= 15 is 0 Å². The van der Waals surface area contributed by atoms with Gasteiger partial charge in [-0.25, -0.2) is 0 Å². The number of nitrogens with two attached hydrogens (primary N) is 1. The highest BCUT2D eigenvalue weighted by atomic mass is 35.5. The van der Waals surface area contributed by atoms with Crippen LogP contribution in [0.3, 0.4) is 0 Å². The molecule has 4 atom stereocenters. The zero-order valence-corrected chi connectivity index (χ0v) is 14.8. The van der Waals surface area contributed by atoms with Crippen molar-refractivity contribution < 1.29 is 9.53 Å². The summed E-state index contributed by atoms with van der Waals surface area (Å²) in [5.74, 6) is 0.220. The van der Waals surface area contributed by atoms with E-state index in [1.54, 1.807) is 0 Å². The number of carbonyl (C=O) groups is 1. The van der Waals surface area contributed by atoms with Crippen LogP contribution < -0.4 is 32.4 Å². The first-order chi connectivity index (χ1) is 12.1. The van der Waals surface area contributed by atoms with E-state index < -0.39 is 0 Å². The van der Waals surface area contributed by atoms with Crippen molar-refractivity contribution in [2.45, 2.75) is 36.2 Å². The lowest BCUT2D eigenvalue weighted by Gasteiger charge is -2.38. The number of hydrogen-bond donors (Lipinski definition) is 6. The van der Waals surface area contributed by atoms with Crippen LogP contribution in [-0.2, 0) is 9.53 Å². The molecule has 1 amide bonds. The molecular formula is C15H26ClN7O2. The number of nitrogens with one attached hydrogen (secondary N) is 5. The monoisotopic (exact) mass is 371 g/mol. The van der Waals surface area contributed by atoms with Gasteiger partial charge in [-0.3, -0.25) is 10.1 Å². The number of ether oxygens (including phenoxy) is 1. The minimum absolute atomic E-state index is 0.0182. The van der Waals surface area contributed by atoms with Crippen molar-refractivity contribution in [3.63, 3.8) is 0 Å². The summed E-state index contributed by atoms with van der Waals surface area (Å²) in [7, 11) is 0. The Balaban J connectivity index is 1.40. The molecule has 0 aromatic heterocycles. The van der Waals surface area contributed by atoms with Crippen molar-refractivity contribution in [2.24, 2.45) is 5.73 Å². The molecule has 9 nitrogen and oxygen atoms in total. The summed E-state index contributed by atoms with van der Waals surface area (Å²) in [5.41, 5.74) is 9.63. The highest BCUT2D eigenvalue weighted by molar-refractivity contribution is 6.21. The van der Waals surface area contributed by atoms with Gasteiger partial charge in [-0.2, -0.15) is 5.01 Å². The average Bonchev–Trinajstić information content (AvgIpc) is 2.87. The third-order valence-electron chi connectivity index (χ3n) is 5.16. The molecule has 4 aliphatic heterocycles. The Bertz CT molecular complexity index is 556. The molecular weight excluding hydrogens is 346 g/mol. The standard InChI is InChI=1S/C15H26ClN7O2/c16-8-3-20-14-12(13(17)22-23(14)7-8)15(24)21-10-6-18-2-1-11(10)25-9-4-19-5-9/h8-11,14,18-20,22H,1-7,17H2,(H,21,24). The van der Waals surface area contributed by atoms with Crippen LogP contribution in [0.1, 0.15) is 6.42 Å². The fourth-order valence-corrected chi connectivity index (χ4v) is 3.94. The van der Waals surface area contributed by atoms with Crippen LogP contribution >= 0.6 is 11.6 Å². The van der Waals surface area contributed by atoms with Gasteiger partial charge in [0.25, 0.3) is 5.91 Å². The van der Waals surface area contributed by atoms with E-state index in [2.05, 4.69) is 26.7 Å². The summed E-state index contributed by atoms with van der Waals surface area (Å²) in [5, 5.41) is 14.8. The number of halogens is 1. The second-order valence-corrected chi connectivity index (χ2v) is 7.64. The molecule has 0 aromatic rings. The Morgan fingerprint density at radius 2 is 2.12 bits per heavy atom. The highest BCUT2D eigenvalue weighted by Crippen LogP contribution is 2.22. The van der Waals surface area contributed by atoms with Gasteiger partial charge in [0.1, 0.15) is 12.0 Å². The average molecular weight is 372 g/mol. The summed E-state index contributed by atoms with van der Waals surface area (Å²) in [4.78, 5) is 12.9. The maximum absolute atomic E-state index is 12.9. The van der Waals surface area contributed by atoms with Gasteiger partial charge in [0, 0.05) is 32.7 Å². The number of alkyl halides is 1. The molecule has 10 heteroatoms. The van der Waals surface area contributed by atoms with E-state index in [-0.39, 0.29) is 35.7 Å². The van der Waals surface area contributed by atoms with E-state index in [1.807, 2.05) is 5.01 Å². The fraction of sp³-hybridized carbons (Fsp3) is 0.800. The Hall–Kier alpha value is -1.10. The molecule has 4 aliphatic rings.